The van der Waals surface area contributed by atoms with Gasteiger partial charge in [-0.25, -0.2) is 12.8 Å². The van der Waals surface area contributed by atoms with E-state index < -0.39 is 10.0 Å². The van der Waals surface area contributed by atoms with Gasteiger partial charge in [0.1, 0.15) is 5.82 Å². The molecule has 8 heteroatoms. The number of fused-ring (bicyclic) bond motifs is 1. The molecule has 0 atom stereocenters. The predicted molar refractivity (Wildman–Crippen MR) is 117 cm³/mol. The first-order valence-corrected chi connectivity index (χ1v) is 12.1. The summed E-state index contributed by atoms with van der Waals surface area (Å²) in [4.78, 5) is 13.5. The molecule has 1 saturated heterocycles. The highest BCUT2D eigenvalue weighted by molar-refractivity contribution is 7.89. The highest BCUT2D eigenvalue weighted by Gasteiger charge is 2.29. The fourth-order valence-corrected chi connectivity index (χ4v) is 6.51. The first-order valence-electron chi connectivity index (χ1n) is 9.89. The van der Waals surface area contributed by atoms with Gasteiger partial charge in [-0.15, -0.1) is 11.3 Å². The van der Waals surface area contributed by atoms with Crippen molar-refractivity contribution in [1.29, 1.82) is 0 Å². The van der Waals surface area contributed by atoms with Crippen molar-refractivity contribution < 1.29 is 17.6 Å². The van der Waals surface area contributed by atoms with Crippen molar-refractivity contribution >= 4 is 37.4 Å². The molecule has 1 N–H and O–H groups in total. The molecule has 0 spiro atoms. The molecule has 0 aliphatic carbocycles. The van der Waals surface area contributed by atoms with Gasteiger partial charge in [-0.1, -0.05) is 24.3 Å². The van der Waals surface area contributed by atoms with Crippen LogP contribution in [-0.4, -0.2) is 38.3 Å². The van der Waals surface area contributed by atoms with Crippen LogP contribution in [0.25, 0.3) is 10.1 Å². The van der Waals surface area contributed by atoms with Gasteiger partial charge < -0.3 is 5.32 Å². The van der Waals surface area contributed by atoms with E-state index in [0.717, 1.165) is 4.70 Å². The largest absolute Gasteiger partial charge is 0.351 e. The van der Waals surface area contributed by atoms with Crippen LogP contribution in [0.15, 0.2) is 53.4 Å². The summed E-state index contributed by atoms with van der Waals surface area (Å²) in [7, 11) is -3.47. The Labute approximate surface area is 179 Å². The van der Waals surface area contributed by atoms with Gasteiger partial charge in [0.25, 0.3) is 5.91 Å². The number of hydrogen-bond donors (Lipinski definition) is 1. The quantitative estimate of drug-likeness (QED) is 0.639. The third kappa shape index (κ3) is 3.99. The Kier molecular flexibility index (Phi) is 5.90. The van der Waals surface area contributed by atoms with Crippen LogP contribution >= 0.6 is 11.3 Å². The number of hydrogen-bond acceptors (Lipinski definition) is 4. The highest BCUT2D eigenvalue weighted by atomic mass is 32.2. The molecular formula is C22H23FN2O3S2. The highest BCUT2D eigenvalue weighted by Crippen LogP contribution is 2.32. The number of rotatable bonds is 5. The molecule has 2 heterocycles. The maximum absolute atomic E-state index is 14.1. The monoisotopic (exact) mass is 446 g/mol. The lowest BCUT2D eigenvalue weighted by molar-refractivity contribution is 0.0945. The zero-order valence-corrected chi connectivity index (χ0v) is 18.2. The molecular weight excluding hydrogens is 423 g/mol. The summed E-state index contributed by atoms with van der Waals surface area (Å²) in [5, 5.41) is 3.46. The number of thiophene rings is 1. The third-order valence-corrected chi connectivity index (χ3v) is 8.78. The number of benzene rings is 2. The Morgan fingerprint density at radius 3 is 2.50 bits per heavy atom. The molecule has 2 aromatic carbocycles. The molecule has 5 nitrogen and oxygen atoms in total. The summed E-state index contributed by atoms with van der Waals surface area (Å²) in [5.74, 6) is -0.303. The van der Waals surface area contributed by atoms with E-state index in [9.17, 15) is 17.6 Å². The van der Waals surface area contributed by atoms with Crippen molar-refractivity contribution in [2.45, 2.75) is 24.7 Å². The van der Waals surface area contributed by atoms with E-state index in [1.165, 1.54) is 21.7 Å². The summed E-state index contributed by atoms with van der Waals surface area (Å²) in [5.41, 5.74) is 0.661. The lowest BCUT2D eigenvalue weighted by Crippen LogP contribution is -2.41. The summed E-state index contributed by atoms with van der Waals surface area (Å²) in [6, 6.07) is 13.3. The number of nitrogens with zero attached hydrogens (tertiary/aromatic N) is 1. The molecule has 3 aromatic rings. The average Bonchev–Trinajstić information content (AvgIpc) is 3.11. The van der Waals surface area contributed by atoms with Gasteiger partial charge in [-0.05, 0) is 55.5 Å². The van der Waals surface area contributed by atoms with Crippen LogP contribution in [0.4, 0.5) is 4.39 Å². The SMILES string of the molecule is Cc1c(C(=O)NCC2CCN(S(=O)(=O)c3ccccc3)CC2)sc2cccc(F)c12. The molecule has 0 unspecified atom stereocenters. The van der Waals surface area contributed by atoms with Crippen molar-refractivity contribution in [2.75, 3.05) is 19.6 Å². The minimum absolute atomic E-state index is 0.201. The van der Waals surface area contributed by atoms with Crippen LogP contribution in [0, 0.1) is 18.7 Å². The number of piperidine rings is 1. The minimum Gasteiger partial charge on any atom is -0.351 e. The second-order valence-electron chi connectivity index (χ2n) is 7.54. The molecule has 4 rings (SSSR count). The van der Waals surface area contributed by atoms with Crippen molar-refractivity contribution in [3.63, 3.8) is 0 Å². The summed E-state index contributed by atoms with van der Waals surface area (Å²) >= 11 is 1.29. The molecule has 0 bridgehead atoms. The van der Waals surface area contributed by atoms with Crippen molar-refractivity contribution in [1.82, 2.24) is 9.62 Å². The number of carbonyl (C=O) groups excluding carboxylic acids is 1. The molecule has 0 radical (unpaired) electrons. The van der Waals surface area contributed by atoms with Gasteiger partial charge in [-0.3, -0.25) is 4.79 Å². The number of carbonyl (C=O) groups is 1. The second kappa shape index (κ2) is 8.45. The van der Waals surface area contributed by atoms with E-state index in [0.29, 0.717) is 53.2 Å². The fourth-order valence-electron chi connectivity index (χ4n) is 3.88. The van der Waals surface area contributed by atoms with Gasteiger partial charge in [-0.2, -0.15) is 4.31 Å². The number of nitrogens with one attached hydrogen (secondary N) is 1. The molecule has 1 fully saturated rings. The standard InChI is InChI=1S/C22H23FN2O3S2/c1-15-20-18(23)8-5-9-19(20)29-21(15)22(26)24-14-16-10-12-25(13-11-16)30(27,28)17-6-3-2-4-7-17/h2-9,16H,10-14H2,1H3,(H,24,26). The molecule has 1 aliphatic rings. The van der Waals surface area contributed by atoms with Gasteiger partial charge in [0.05, 0.1) is 9.77 Å². The predicted octanol–water partition coefficient (Wildman–Crippen LogP) is 4.18. The van der Waals surface area contributed by atoms with Crippen LogP contribution in [0.5, 0.6) is 0 Å². The maximum Gasteiger partial charge on any atom is 0.261 e. The number of aryl methyl sites for hydroxylation is 1. The zero-order chi connectivity index (χ0) is 21.3. The smallest absolute Gasteiger partial charge is 0.261 e. The van der Waals surface area contributed by atoms with Crippen molar-refractivity contribution in [3.8, 4) is 0 Å². The molecule has 1 amide bonds. The fraction of sp³-hybridized carbons (Fsp3) is 0.318. The molecule has 0 saturated carbocycles. The normalized spacial score (nSPS) is 16.1. The first kappa shape index (κ1) is 21.0. The van der Waals surface area contributed by atoms with Crippen LogP contribution < -0.4 is 5.32 Å². The Bertz CT molecular complexity index is 1170. The van der Waals surface area contributed by atoms with E-state index >= 15 is 0 Å². The lowest BCUT2D eigenvalue weighted by atomic mass is 9.98. The maximum atomic E-state index is 14.1. The minimum atomic E-state index is -3.47. The van der Waals surface area contributed by atoms with E-state index in [4.69, 9.17) is 0 Å². The Morgan fingerprint density at radius 1 is 1.13 bits per heavy atom. The third-order valence-electron chi connectivity index (χ3n) is 5.61. The number of sulfonamides is 1. The zero-order valence-electron chi connectivity index (χ0n) is 16.6. The van der Waals surface area contributed by atoms with Gasteiger partial charge >= 0.3 is 0 Å². The van der Waals surface area contributed by atoms with E-state index in [1.807, 2.05) is 6.07 Å². The summed E-state index contributed by atoms with van der Waals surface area (Å²) in [6.07, 6.45) is 1.37. The Balaban J connectivity index is 1.36. The van der Waals surface area contributed by atoms with E-state index in [-0.39, 0.29) is 17.6 Å². The Morgan fingerprint density at radius 2 is 1.83 bits per heavy atom. The summed E-state index contributed by atoms with van der Waals surface area (Å²) < 4.78 is 41.8. The van der Waals surface area contributed by atoms with Crippen LogP contribution in [-0.2, 0) is 10.0 Å². The topological polar surface area (TPSA) is 66.5 Å². The van der Waals surface area contributed by atoms with Crippen molar-refractivity contribution in [3.05, 3.63) is 64.8 Å². The van der Waals surface area contributed by atoms with Crippen LogP contribution in [0.2, 0.25) is 0 Å². The molecule has 158 valence electrons. The number of amides is 1. The van der Waals surface area contributed by atoms with Gasteiger partial charge in [0.2, 0.25) is 10.0 Å². The van der Waals surface area contributed by atoms with Gasteiger partial charge in [0.15, 0.2) is 0 Å². The molecule has 1 aromatic heterocycles. The first-order chi connectivity index (χ1) is 14.4. The van der Waals surface area contributed by atoms with Crippen LogP contribution in [0.1, 0.15) is 28.1 Å². The summed E-state index contributed by atoms with van der Waals surface area (Å²) in [6.45, 7) is 3.12. The van der Waals surface area contributed by atoms with E-state index in [1.54, 1.807) is 43.3 Å². The van der Waals surface area contributed by atoms with Crippen LogP contribution in [0.3, 0.4) is 0 Å². The van der Waals surface area contributed by atoms with Gasteiger partial charge in [0, 0.05) is 29.7 Å². The average molecular weight is 447 g/mol. The van der Waals surface area contributed by atoms with Crippen molar-refractivity contribution in [2.24, 2.45) is 5.92 Å². The van der Waals surface area contributed by atoms with E-state index in [2.05, 4.69) is 5.32 Å². The number of halogens is 1. The molecule has 1 aliphatic heterocycles. The second-order valence-corrected chi connectivity index (χ2v) is 10.5. The lowest BCUT2D eigenvalue weighted by Gasteiger charge is -2.31. The molecule has 30 heavy (non-hydrogen) atoms. The Hall–Kier alpha value is -2.29.